The summed E-state index contributed by atoms with van der Waals surface area (Å²) in [5.74, 6) is -0.382. The van der Waals surface area contributed by atoms with Crippen LogP contribution < -0.4 is 5.32 Å². The van der Waals surface area contributed by atoms with Gasteiger partial charge in [0.2, 0.25) is 5.91 Å². The number of carbonyl (C=O) groups is 1. The number of nitrogens with zero attached hydrogens (tertiary/aromatic N) is 1. The Morgan fingerprint density at radius 3 is 2.73 bits per heavy atom. The molecule has 0 aliphatic heterocycles. The van der Waals surface area contributed by atoms with Crippen LogP contribution in [0, 0.1) is 0 Å². The first kappa shape index (κ1) is 17.4. The molecular formula is C19H20N2O3S2. The number of aromatic nitrogens is 1. The Hall–Kier alpha value is -1.99. The number of fused-ring (bicyclic) bond motifs is 3. The monoisotopic (exact) mass is 388 g/mol. The molecule has 1 aromatic heterocycles. The van der Waals surface area contributed by atoms with Gasteiger partial charge in [-0.05, 0) is 24.3 Å². The molecule has 1 heterocycles. The average molecular weight is 389 g/mol. The highest BCUT2D eigenvalue weighted by Gasteiger charge is 2.28. The summed E-state index contributed by atoms with van der Waals surface area (Å²) >= 11 is 1.41. The molecule has 1 fully saturated rings. The molecule has 0 unspecified atom stereocenters. The molecule has 0 spiro atoms. The van der Waals surface area contributed by atoms with Crippen molar-refractivity contribution >= 4 is 53.2 Å². The predicted molar refractivity (Wildman–Crippen MR) is 106 cm³/mol. The summed E-state index contributed by atoms with van der Waals surface area (Å²) in [6, 6.07) is 12.0. The van der Waals surface area contributed by atoms with Crippen LogP contribution in [0.2, 0.25) is 0 Å². The van der Waals surface area contributed by atoms with Crippen molar-refractivity contribution in [3.8, 4) is 0 Å². The SMILES string of the molecule is O=C(CCS(=O)(=O)C1CCCC1)Nc1nc2c(ccc3ccccc32)s1. The first-order valence-electron chi connectivity index (χ1n) is 8.83. The summed E-state index contributed by atoms with van der Waals surface area (Å²) in [6.07, 6.45) is 3.38. The lowest BCUT2D eigenvalue weighted by Gasteiger charge is -2.10. The van der Waals surface area contributed by atoms with Gasteiger partial charge >= 0.3 is 0 Å². The molecule has 0 atom stereocenters. The first-order valence-corrected chi connectivity index (χ1v) is 11.4. The Kier molecular flexibility index (Phi) is 4.67. The normalized spacial score (nSPS) is 15.7. The van der Waals surface area contributed by atoms with E-state index in [0.29, 0.717) is 5.13 Å². The van der Waals surface area contributed by atoms with Crippen molar-refractivity contribution < 1.29 is 13.2 Å². The summed E-state index contributed by atoms with van der Waals surface area (Å²) in [6.45, 7) is 0. The number of carbonyl (C=O) groups excluding carboxylic acids is 1. The second-order valence-electron chi connectivity index (χ2n) is 6.72. The molecule has 3 aromatic rings. The Morgan fingerprint density at radius 1 is 1.15 bits per heavy atom. The lowest BCUT2D eigenvalue weighted by molar-refractivity contribution is -0.115. The van der Waals surface area contributed by atoms with Gasteiger partial charge < -0.3 is 5.32 Å². The second-order valence-corrected chi connectivity index (χ2v) is 10.2. The van der Waals surface area contributed by atoms with Gasteiger partial charge in [-0.25, -0.2) is 13.4 Å². The molecule has 0 saturated heterocycles. The van der Waals surface area contributed by atoms with Crippen LogP contribution in [0.3, 0.4) is 0 Å². The Morgan fingerprint density at radius 2 is 1.92 bits per heavy atom. The lowest BCUT2D eigenvalue weighted by atomic mass is 10.1. The number of hydrogen-bond donors (Lipinski definition) is 1. The summed E-state index contributed by atoms with van der Waals surface area (Å²) in [4.78, 5) is 16.7. The number of anilines is 1. The predicted octanol–water partition coefficient (Wildman–Crippen LogP) is 4.14. The fraction of sp³-hybridized carbons (Fsp3) is 0.368. The third kappa shape index (κ3) is 3.46. The Bertz CT molecular complexity index is 1070. The largest absolute Gasteiger partial charge is 0.302 e. The highest BCUT2D eigenvalue weighted by molar-refractivity contribution is 7.92. The number of thiazole rings is 1. The Balaban J connectivity index is 1.47. The van der Waals surface area contributed by atoms with Crippen LogP contribution in [-0.4, -0.2) is 30.3 Å². The third-order valence-corrected chi connectivity index (χ3v) is 8.15. The number of rotatable bonds is 5. The van der Waals surface area contributed by atoms with Crippen LogP contribution in [-0.2, 0) is 14.6 Å². The van der Waals surface area contributed by atoms with Crippen molar-refractivity contribution in [2.75, 3.05) is 11.1 Å². The number of amides is 1. The van der Waals surface area contributed by atoms with Crippen LogP contribution in [0.1, 0.15) is 32.1 Å². The standard InChI is InChI=1S/C19H20N2O3S2/c22-17(11-12-26(23,24)14-6-2-3-7-14)20-19-21-18-15-8-4-1-5-13(15)9-10-16(18)25-19/h1,4-5,8-10,14H,2-3,6-7,11-12H2,(H,20,21,22). The zero-order valence-electron chi connectivity index (χ0n) is 14.3. The summed E-state index contributed by atoms with van der Waals surface area (Å²) < 4.78 is 25.6. The molecular weight excluding hydrogens is 368 g/mol. The molecule has 136 valence electrons. The van der Waals surface area contributed by atoms with Gasteiger partial charge in [-0.15, -0.1) is 0 Å². The van der Waals surface area contributed by atoms with Gasteiger partial charge in [-0.2, -0.15) is 0 Å². The zero-order valence-corrected chi connectivity index (χ0v) is 15.9. The van der Waals surface area contributed by atoms with Crippen LogP contribution in [0.4, 0.5) is 5.13 Å². The molecule has 26 heavy (non-hydrogen) atoms. The summed E-state index contributed by atoms with van der Waals surface area (Å²) in [5.41, 5.74) is 0.863. The molecule has 1 amide bonds. The van der Waals surface area contributed by atoms with E-state index in [9.17, 15) is 13.2 Å². The highest BCUT2D eigenvalue weighted by Crippen LogP contribution is 2.32. The first-order chi connectivity index (χ1) is 12.5. The summed E-state index contributed by atoms with van der Waals surface area (Å²) in [5, 5.41) is 5.17. The smallest absolute Gasteiger partial charge is 0.227 e. The Labute approximate surface area is 156 Å². The molecule has 4 rings (SSSR count). The fourth-order valence-corrected chi connectivity index (χ4v) is 6.30. The van der Waals surface area contributed by atoms with E-state index in [1.54, 1.807) is 0 Å². The maximum Gasteiger partial charge on any atom is 0.227 e. The number of nitrogens with one attached hydrogen (secondary N) is 1. The number of sulfone groups is 1. The van der Waals surface area contributed by atoms with E-state index in [1.807, 2.05) is 36.4 Å². The quantitative estimate of drug-likeness (QED) is 0.713. The molecule has 1 aliphatic rings. The van der Waals surface area contributed by atoms with Gasteiger partial charge in [0.25, 0.3) is 0 Å². The van der Waals surface area contributed by atoms with Crippen molar-refractivity contribution in [1.29, 1.82) is 0 Å². The van der Waals surface area contributed by atoms with E-state index in [0.717, 1.165) is 46.7 Å². The van der Waals surface area contributed by atoms with E-state index < -0.39 is 9.84 Å². The van der Waals surface area contributed by atoms with Gasteiger partial charge in [0, 0.05) is 11.8 Å². The van der Waals surface area contributed by atoms with Crippen LogP contribution in [0.25, 0.3) is 21.0 Å². The van der Waals surface area contributed by atoms with E-state index in [1.165, 1.54) is 11.3 Å². The van der Waals surface area contributed by atoms with E-state index in [4.69, 9.17) is 0 Å². The maximum atomic E-state index is 12.3. The molecule has 2 aromatic carbocycles. The number of benzene rings is 2. The zero-order chi connectivity index (χ0) is 18.1. The average Bonchev–Trinajstić information content (AvgIpc) is 3.30. The minimum absolute atomic E-state index is 0.0183. The second kappa shape index (κ2) is 6.96. The third-order valence-electron chi connectivity index (χ3n) is 4.95. The highest BCUT2D eigenvalue weighted by atomic mass is 32.2. The number of hydrogen-bond acceptors (Lipinski definition) is 5. The van der Waals surface area contributed by atoms with E-state index in [2.05, 4.69) is 10.3 Å². The molecule has 0 radical (unpaired) electrons. The molecule has 1 aliphatic carbocycles. The van der Waals surface area contributed by atoms with Crippen LogP contribution in [0.15, 0.2) is 36.4 Å². The summed E-state index contributed by atoms with van der Waals surface area (Å²) in [7, 11) is -3.18. The van der Waals surface area contributed by atoms with Crippen molar-refractivity contribution in [1.82, 2.24) is 4.98 Å². The van der Waals surface area contributed by atoms with Gasteiger partial charge in [0.1, 0.15) is 0 Å². The van der Waals surface area contributed by atoms with E-state index >= 15 is 0 Å². The molecule has 1 saturated carbocycles. The van der Waals surface area contributed by atoms with Crippen LogP contribution >= 0.6 is 11.3 Å². The van der Waals surface area contributed by atoms with Gasteiger partial charge in [-0.3, -0.25) is 4.79 Å². The molecule has 0 bridgehead atoms. The van der Waals surface area contributed by atoms with Crippen LogP contribution in [0.5, 0.6) is 0 Å². The van der Waals surface area contributed by atoms with Crippen molar-refractivity contribution in [3.63, 3.8) is 0 Å². The molecule has 7 heteroatoms. The molecule has 5 nitrogen and oxygen atoms in total. The lowest BCUT2D eigenvalue weighted by Crippen LogP contribution is -2.24. The van der Waals surface area contributed by atoms with Crippen molar-refractivity contribution in [3.05, 3.63) is 36.4 Å². The van der Waals surface area contributed by atoms with Gasteiger partial charge in [-0.1, -0.05) is 54.5 Å². The molecule has 1 N–H and O–H groups in total. The minimum Gasteiger partial charge on any atom is -0.302 e. The topological polar surface area (TPSA) is 76.1 Å². The van der Waals surface area contributed by atoms with E-state index in [-0.39, 0.29) is 23.3 Å². The van der Waals surface area contributed by atoms with Crippen molar-refractivity contribution in [2.24, 2.45) is 0 Å². The fourth-order valence-electron chi connectivity index (χ4n) is 3.55. The minimum atomic E-state index is -3.18. The maximum absolute atomic E-state index is 12.3. The van der Waals surface area contributed by atoms with Crippen molar-refractivity contribution in [2.45, 2.75) is 37.4 Å². The van der Waals surface area contributed by atoms with Gasteiger partial charge in [0.05, 0.1) is 21.2 Å². The van der Waals surface area contributed by atoms with Gasteiger partial charge in [0.15, 0.2) is 15.0 Å².